The Kier molecular flexibility index (Phi) is 5.88. The lowest BCUT2D eigenvalue weighted by Crippen LogP contribution is -2.56. The van der Waals surface area contributed by atoms with Crippen molar-refractivity contribution in [2.75, 3.05) is 20.2 Å². The zero-order chi connectivity index (χ0) is 14.6. The van der Waals surface area contributed by atoms with E-state index >= 15 is 0 Å². The SMILES string of the molecule is CCNC1(CO)CCCC(N(C)C2CCC(C)CC2)C1. The highest BCUT2D eigenvalue weighted by molar-refractivity contribution is 4.97. The van der Waals surface area contributed by atoms with Gasteiger partial charge in [0.05, 0.1) is 6.61 Å². The predicted molar refractivity (Wildman–Crippen MR) is 84.9 cm³/mol. The van der Waals surface area contributed by atoms with Crippen molar-refractivity contribution in [3.05, 3.63) is 0 Å². The average Bonchev–Trinajstić information content (AvgIpc) is 2.48. The maximum Gasteiger partial charge on any atom is 0.0613 e. The number of aliphatic hydroxyl groups excluding tert-OH is 1. The molecule has 2 unspecified atom stereocenters. The maximum atomic E-state index is 9.84. The first-order valence-corrected chi connectivity index (χ1v) is 8.68. The van der Waals surface area contributed by atoms with Gasteiger partial charge >= 0.3 is 0 Å². The number of hydrogen-bond acceptors (Lipinski definition) is 3. The molecule has 20 heavy (non-hydrogen) atoms. The molecule has 118 valence electrons. The molecule has 3 heteroatoms. The van der Waals surface area contributed by atoms with Crippen LogP contribution in [0.4, 0.5) is 0 Å². The highest BCUT2D eigenvalue weighted by Crippen LogP contribution is 2.34. The lowest BCUT2D eigenvalue weighted by atomic mass is 9.77. The lowest BCUT2D eigenvalue weighted by molar-refractivity contribution is 0.0411. The molecule has 2 rings (SSSR count). The van der Waals surface area contributed by atoms with Gasteiger partial charge in [-0.3, -0.25) is 0 Å². The molecule has 2 aliphatic rings. The van der Waals surface area contributed by atoms with Crippen LogP contribution >= 0.6 is 0 Å². The Morgan fingerprint density at radius 1 is 1.15 bits per heavy atom. The van der Waals surface area contributed by atoms with Crippen LogP contribution in [0.25, 0.3) is 0 Å². The van der Waals surface area contributed by atoms with E-state index in [1.165, 1.54) is 38.5 Å². The zero-order valence-corrected chi connectivity index (χ0v) is 13.7. The summed E-state index contributed by atoms with van der Waals surface area (Å²) in [5.41, 5.74) is -0.0200. The van der Waals surface area contributed by atoms with Crippen LogP contribution in [0.15, 0.2) is 0 Å². The summed E-state index contributed by atoms with van der Waals surface area (Å²) in [4.78, 5) is 2.65. The van der Waals surface area contributed by atoms with E-state index < -0.39 is 0 Å². The molecule has 0 aromatic carbocycles. The second-order valence-corrected chi connectivity index (χ2v) is 7.30. The van der Waals surface area contributed by atoms with Crippen molar-refractivity contribution < 1.29 is 5.11 Å². The van der Waals surface area contributed by atoms with Crippen molar-refractivity contribution in [1.29, 1.82) is 0 Å². The second kappa shape index (κ2) is 7.24. The summed E-state index contributed by atoms with van der Waals surface area (Å²) < 4.78 is 0. The van der Waals surface area contributed by atoms with Gasteiger partial charge in [-0.05, 0) is 70.9 Å². The maximum absolute atomic E-state index is 9.84. The molecule has 2 saturated carbocycles. The Balaban J connectivity index is 1.93. The fourth-order valence-corrected chi connectivity index (χ4v) is 4.36. The largest absolute Gasteiger partial charge is 0.394 e. The molecule has 0 aromatic rings. The van der Waals surface area contributed by atoms with Gasteiger partial charge in [-0.2, -0.15) is 0 Å². The molecular formula is C17H34N2O. The van der Waals surface area contributed by atoms with Crippen LogP contribution in [-0.2, 0) is 0 Å². The van der Waals surface area contributed by atoms with Gasteiger partial charge in [-0.1, -0.05) is 13.8 Å². The quantitative estimate of drug-likeness (QED) is 0.814. The van der Waals surface area contributed by atoms with E-state index in [1.54, 1.807) is 0 Å². The lowest BCUT2D eigenvalue weighted by Gasteiger charge is -2.46. The number of rotatable bonds is 5. The van der Waals surface area contributed by atoms with Crippen LogP contribution in [-0.4, -0.2) is 47.8 Å². The fraction of sp³-hybridized carbons (Fsp3) is 1.00. The normalized spacial score (nSPS) is 39.1. The smallest absolute Gasteiger partial charge is 0.0613 e. The average molecular weight is 282 g/mol. The third kappa shape index (κ3) is 3.75. The van der Waals surface area contributed by atoms with E-state index in [9.17, 15) is 5.11 Å². The van der Waals surface area contributed by atoms with Crippen molar-refractivity contribution in [2.45, 2.75) is 82.8 Å². The van der Waals surface area contributed by atoms with Gasteiger partial charge in [0.15, 0.2) is 0 Å². The van der Waals surface area contributed by atoms with Crippen molar-refractivity contribution in [3.63, 3.8) is 0 Å². The first-order chi connectivity index (χ1) is 9.60. The highest BCUT2D eigenvalue weighted by atomic mass is 16.3. The fourth-order valence-electron chi connectivity index (χ4n) is 4.36. The van der Waals surface area contributed by atoms with Crippen LogP contribution < -0.4 is 5.32 Å². The summed E-state index contributed by atoms with van der Waals surface area (Å²) in [6, 6.07) is 1.42. The van der Waals surface area contributed by atoms with E-state index in [1.807, 2.05) is 0 Å². The number of hydrogen-bond donors (Lipinski definition) is 2. The molecule has 2 fully saturated rings. The minimum Gasteiger partial charge on any atom is -0.394 e. The summed E-state index contributed by atoms with van der Waals surface area (Å²) in [6.45, 7) is 5.77. The Morgan fingerprint density at radius 2 is 1.85 bits per heavy atom. The van der Waals surface area contributed by atoms with E-state index in [-0.39, 0.29) is 12.1 Å². The third-order valence-corrected chi connectivity index (χ3v) is 5.81. The van der Waals surface area contributed by atoms with E-state index in [0.717, 1.165) is 31.3 Å². The molecule has 0 radical (unpaired) electrons. The number of aliphatic hydroxyl groups is 1. The van der Waals surface area contributed by atoms with E-state index in [0.29, 0.717) is 6.04 Å². The van der Waals surface area contributed by atoms with Gasteiger partial charge in [-0.25, -0.2) is 0 Å². The van der Waals surface area contributed by atoms with Crippen molar-refractivity contribution in [3.8, 4) is 0 Å². The van der Waals surface area contributed by atoms with Crippen LogP contribution in [0.5, 0.6) is 0 Å². The molecule has 0 aromatic heterocycles. The van der Waals surface area contributed by atoms with Gasteiger partial charge in [0.2, 0.25) is 0 Å². The Bertz CT molecular complexity index is 285. The van der Waals surface area contributed by atoms with Crippen molar-refractivity contribution >= 4 is 0 Å². The van der Waals surface area contributed by atoms with E-state index in [4.69, 9.17) is 0 Å². The molecule has 2 aliphatic carbocycles. The molecule has 2 N–H and O–H groups in total. The first-order valence-electron chi connectivity index (χ1n) is 8.68. The molecule has 0 aliphatic heterocycles. The van der Waals surface area contributed by atoms with Gasteiger partial charge in [0, 0.05) is 17.6 Å². The number of likely N-dealkylation sites (N-methyl/N-ethyl adjacent to an activating group) is 1. The Morgan fingerprint density at radius 3 is 2.45 bits per heavy atom. The third-order valence-electron chi connectivity index (χ3n) is 5.81. The topological polar surface area (TPSA) is 35.5 Å². The van der Waals surface area contributed by atoms with Crippen LogP contribution in [0.2, 0.25) is 0 Å². The Labute approximate surface area is 125 Å². The highest BCUT2D eigenvalue weighted by Gasteiger charge is 2.38. The van der Waals surface area contributed by atoms with Crippen molar-refractivity contribution in [1.82, 2.24) is 10.2 Å². The van der Waals surface area contributed by atoms with E-state index in [2.05, 4.69) is 31.1 Å². The molecular weight excluding hydrogens is 248 g/mol. The minimum atomic E-state index is -0.0200. The summed E-state index contributed by atoms with van der Waals surface area (Å²) in [5, 5.41) is 13.4. The number of nitrogens with one attached hydrogen (secondary N) is 1. The van der Waals surface area contributed by atoms with Gasteiger partial charge in [-0.15, -0.1) is 0 Å². The van der Waals surface area contributed by atoms with Gasteiger partial charge in [0.25, 0.3) is 0 Å². The molecule has 0 amide bonds. The van der Waals surface area contributed by atoms with Crippen LogP contribution in [0.1, 0.15) is 65.2 Å². The minimum absolute atomic E-state index is 0.0200. The van der Waals surface area contributed by atoms with Crippen molar-refractivity contribution in [2.24, 2.45) is 5.92 Å². The summed E-state index contributed by atoms with van der Waals surface area (Å²) in [5.74, 6) is 0.921. The summed E-state index contributed by atoms with van der Waals surface area (Å²) in [6.07, 6.45) is 10.3. The molecule has 3 nitrogen and oxygen atoms in total. The molecule has 0 spiro atoms. The second-order valence-electron chi connectivity index (χ2n) is 7.30. The number of nitrogens with zero attached hydrogens (tertiary/aromatic N) is 1. The first kappa shape index (κ1) is 16.3. The van der Waals surface area contributed by atoms with Crippen LogP contribution in [0.3, 0.4) is 0 Å². The summed E-state index contributed by atoms with van der Waals surface area (Å²) >= 11 is 0. The molecule has 0 saturated heterocycles. The Hall–Kier alpha value is -0.120. The molecule has 0 bridgehead atoms. The monoisotopic (exact) mass is 282 g/mol. The van der Waals surface area contributed by atoms with Gasteiger partial charge in [0.1, 0.15) is 0 Å². The predicted octanol–water partition coefficient (Wildman–Crippen LogP) is 2.78. The zero-order valence-electron chi connectivity index (χ0n) is 13.7. The summed E-state index contributed by atoms with van der Waals surface area (Å²) in [7, 11) is 2.32. The van der Waals surface area contributed by atoms with Gasteiger partial charge < -0.3 is 15.3 Å². The van der Waals surface area contributed by atoms with Crippen LogP contribution in [0, 0.1) is 5.92 Å². The molecule has 2 atom stereocenters. The standard InChI is InChI=1S/C17H34N2O/c1-4-18-17(13-20)11-5-6-16(12-17)19(3)15-9-7-14(2)8-10-15/h14-16,18,20H,4-13H2,1-3H3. The molecule has 0 heterocycles.